The minimum atomic E-state index is -0.300. The van der Waals surface area contributed by atoms with E-state index in [0.717, 1.165) is 10.4 Å². The molecule has 0 radical (unpaired) electrons. The first-order valence-electron chi connectivity index (χ1n) is 5.70. The van der Waals surface area contributed by atoms with Crippen LogP contribution < -0.4 is 10.9 Å². The van der Waals surface area contributed by atoms with E-state index in [-0.39, 0.29) is 24.6 Å². The maximum absolute atomic E-state index is 12.3. The SMILES string of the molecule is C#CCNC(=O)Cn1cnc2sc(C)c(C)c2c1=O. The fraction of sp³-hybridized carbons (Fsp3) is 0.308. The van der Waals surface area contributed by atoms with Crippen molar-refractivity contribution >= 4 is 27.5 Å². The molecule has 2 heterocycles. The number of amides is 1. The zero-order valence-corrected chi connectivity index (χ0v) is 11.5. The van der Waals surface area contributed by atoms with E-state index in [1.807, 2.05) is 13.8 Å². The van der Waals surface area contributed by atoms with Crippen molar-refractivity contribution in [2.75, 3.05) is 6.54 Å². The minimum Gasteiger partial charge on any atom is -0.344 e. The van der Waals surface area contributed by atoms with Crippen molar-refractivity contribution in [3.05, 3.63) is 27.1 Å². The Kier molecular flexibility index (Phi) is 3.67. The lowest BCUT2D eigenvalue weighted by atomic mass is 10.2. The molecule has 0 aromatic carbocycles. The summed E-state index contributed by atoms with van der Waals surface area (Å²) in [4.78, 5) is 29.8. The van der Waals surface area contributed by atoms with E-state index in [2.05, 4.69) is 16.2 Å². The summed E-state index contributed by atoms with van der Waals surface area (Å²) in [6.45, 7) is 3.92. The third-order valence-corrected chi connectivity index (χ3v) is 3.97. The highest BCUT2D eigenvalue weighted by atomic mass is 32.1. The Morgan fingerprint density at radius 2 is 2.32 bits per heavy atom. The Morgan fingerprint density at radius 1 is 1.58 bits per heavy atom. The van der Waals surface area contributed by atoms with Gasteiger partial charge in [0.2, 0.25) is 5.91 Å². The average Bonchev–Trinajstić information content (AvgIpc) is 2.67. The maximum atomic E-state index is 12.3. The zero-order valence-electron chi connectivity index (χ0n) is 10.7. The van der Waals surface area contributed by atoms with Gasteiger partial charge in [-0.3, -0.25) is 14.2 Å². The van der Waals surface area contributed by atoms with Crippen LogP contribution in [0.25, 0.3) is 10.2 Å². The number of aromatic nitrogens is 2. The molecular formula is C13H13N3O2S. The summed E-state index contributed by atoms with van der Waals surface area (Å²) in [6, 6.07) is 0. The number of nitrogens with zero attached hydrogens (tertiary/aromatic N) is 2. The molecule has 0 unspecified atom stereocenters. The molecule has 0 aliphatic carbocycles. The topological polar surface area (TPSA) is 64.0 Å². The number of carbonyl (C=O) groups excluding carboxylic acids is 1. The van der Waals surface area contributed by atoms with Crippen LogP contribution >= 0.6 is 11.3 Å². The van der Waals surface area contributed by atoms with Gasteiger partial charge in [0.15, 0.2) is 0 Å². The Labute approximate surface area is 114 Å². The van der Waals surface area contributed by atoms with Crippen LogP contribution in [0.15, 0.2) is 11.1 Å². The molecule has 0 atom stereocenters. The molecule has 6 heteroatoms. The molecule has 0 spiro atoms. The van der Waals surface area contributed by atoms with Crippen molar-refractivity contribution in [2.24, 2.45) is 0 Å². The first-order chi connectivity index (χ1) is 9.04. The normalized spacial score (nSPS) is 10.4. The first-order valence-corrected chi connectivity index (χ1v) is 6.51. The smallest absolute Gasteiger partial charge is 0.262 e. The average molecular weight is 275 g/mol. The van der Waals surface area contributed by atoms with E-state index in [4.69, 9.17) is 6.42 Å². The molecule has 1 amide bonds. The molecule has 0 aliphatic rings. The first kappa shape index (κ1) is 13.3. The quantitative estimate of drug-likeness (QED) is 0.844. The van der Waals surface area contributed by atoms with Gasteiger partial charge in [-0.05, 0) is 19.4 Å². The number of nitrogens with one attached hydrogen (secondary N) is 1. The van der Waals surface area contributed by atoms with Gasteiger partial charge in [0.25, 0.3) is 5.56 Å². The van der Waals surface area contributed by atoms with E-state index in [1.165, 1.54) is 22.2 Å². The molecular weight excluding hydrogens is 262 g/mol. The fourth-order valence-corrected chi connectivity index (χ4v) is 2.73. The summed E-state index contributed by atoms with van der Waals surface area (Å²) in [5, 5.41) is 3.11. The Bertz CT molecular complexity index is 737. The van der Waals surface area contributed by atoms with Crippen molar-refractivity contribution in [1.29, 1.82) is 0 Å². The lowest BCUT2D eigenvalue weighted by Gasteiger charge is -2.05. The van der Waals surface area contributed by atoms with Crippen LogP contribution in [0.1, 0.15) is 10.4 Å². The van der Waals surface area contributed by atoms with Crippen molar-refractivity contribution in [3.63, 3.8) is 0 Å². The molecule has 2 rings (SSSR count). The summed E-state index contributed by atoms with van der Waals surface area (Å²) in [5.74, 6) is 2.01. The van der Waals surface area contributed by atoms with Gasteiger partial charge < -0.3 is 5.32 Å². The highest BCUT2D eigenvalue weighted by Crippen LogP contribution is 2.25. The molecule has 2 aromatic heterocycles. The summed E-state index contributed by atoms with van der Waals surface area (Å²) in [6.07, 6.45) is 6.45. The van der Waals surface area contributed by atoms with Gasteiger partial charge in [-0.1, -0.05) is 5.92 Å². The molecule has 0 saturated carbocycles. The summed E-state index contributed by atoms with van der Waals surface area (Å²) < 4.78 is 1.30. The highest BCUT2D eigenvalue weighted by molar-refractivity contribution is 7.18. The van der Waals surface area contributed by atoms with Gasteiger partial charge in [0.1, 0.15) is 11.4 Å². The fourth-order valence-electron chi connectivity index (χ4n) is 1.74. The second-order valence-electron chi connectivity index (χ2n) is 4.12. The number of carbonyl (C=O) groups is 1. The van der Waals surface area contributed by atoms with Crippen LogP contribution in [0, 0.1) is 26.2 Å². The number of rotatable bonds is 3. The molecule has 0 aliphatic heterocycles. The van der Waals surface area contributed by atoms with Gasteiger partial charge >= 0.3 is 0 Å². The number of terminal acetylenes is 1. The third-order valence-electron chi connectivity index (χ3n) is 2.86. The maximum Gasteiger partial charge on any atom is 0.262 e. The number of fused-ring (bicyclic) bond motifs is 1. The van der Waals surface area contributed by atoms with Crippen molar-refractivity contribution in [1.82, 2.24) is 14.9 Å². The van der Waals surface area contributed by atoms with Crippen molar-refractivity contribution in [3.8, 4) is 12.3 Å². The summed E-state index contributed by atoms with van der Waals surface area (Å²) in [7, 11) is 0. The minimum absolute atomic E-state index is 0.0716. The number of hydrogen-bond donors (Lipinski definition) is 1. The van der Waals surface area contributed by atoms with Crippen LogP contribution in [0.5, 0.6) is 0 Å². The molecule has 98 valence electrons. The van der Waals surface area contributed by atoms with Gasteiger partial charge in [0, 0.05) is 4.88 Å². The van der Waals surface area contributed by atoms with Gasteiger partial charge in [0.05, 0.1) is 18.3 Å². The van der Waals surface area contributed by atoms with Crippen molar-refractivity contribution in [2.45, 2.75) is 20.4 Å². The monoisotopic (exact) mass is 275 g/mol. The molecule has 5 nitrogen and oxygen atoms in total. The van der Waals surface area contributed by atoms with Crippen LogP contribution in [-0.4, -0.2) is 22.0 Å². The van der Waals surface area contributed by atoms with E-state index in [9.17, 15) is 9.59 Å². The number of hydrogen-bond acceptors (Lipinski definition) is 4. The Hall–Kier alpha value is -2.13. The standard InChI is InChI=1S/C13H13N3O2S/c1-4-5-14-10(17)6-16-7-15-12-11(13(16)18)8(2)9(3)19-12/h1,7H,5-6H2,2-3H3,(H,14,17). The second-order valence-corrected chi connectivity index (χ2v) is 5.33. The molecule has 19 heavy (non-hydrogen) atoms. The highest BCUT2D eigenvalue weighted by Gasteiger charge is 2.13. The van der Waals surface area contributed by atoms with Crippen molar-refractivity contribution < 1.29 is 4.79 Å². The van der Waals surface area contributed by atoms with Gasteiger partial charge in [-0.2, -0.15) is 0 Å². The van der Waals surface area contributed by atoms with E-state index >= 15 is 0 Å². The number of aryl methyl sites for hydroxylation is 2. The van der Waals surface area contributed by atoms with E-state index in [0.29, 0.717) is 10.2 Å². The van der Waals surface area contributed by atoms with E-state index < -0.39 is 0 Å². The Morgan fingerprint density at radius 3 is 3.00 bits per heavy atom. The van der Waals surface area contributed by atoms with Crippen LogP contribution in [-0.2, 0) is 11.3 Å². The molecule has 0 bridgehead atoms. The molecule has 0 saturated heterocycles. The lowest BCUT2D eigenvalue weighted by molar-refractivity contribution is -0.121. The van der Waals surface area contributed by atoms with Gasteiger partial charge in [-0.15, -0.1) is 17.8 Å². The predicted octanol–water partition coefficient (Wildman–Crippen LogP) is 0.824. The van der Waals surface area contributed by atoms with Gasteiger partial charge in [-0.25, -0.2) is 4.98 Å². The Balaban J connectivity index is 2.38. The molecule has 1 N–H and O–H groups in total. The van der Waals surface area contributed by atoms with Crippen LogP contribution in [0.4, 0.5) is 0 Å². The molecule has 2 aromatic rings. The largest absolute Gasteiger partial charge is 0.344 e. The van der Waals surface area contributed by atoms with Crippen LogP contribution in [0.2, 0.25) is 0 Å². The third kappa shape index (κ3) is 2.51. The van der Waals surface area contributed by atoms with Crippen LogP contribution in [0.3, 0.4) is 0 Å². The zero-order chi connectivity index (χ0) is 14.0. The predicted molar refractivity (Wildman–Crippen MR) is 75.2 cm³/mol. The second kappa shape index (κ2) is 5.24. The molecule has 0 fully saturated rings. The number of thiophene rings is 1. The summed E-state index contributed by atoms with van der Waals surface area (Å²) >= 11 is 1.48. The lowest BCUT2D eigenvalue weighted by Crippen LogP contribution is -2.32. The summed E-state index contributed by atoms with van der Waals surface area (Å²) in [5.41, 5.74) is 0.735. The van der Waals surface area contributed by atoms with E-state index in [1.54, 1.807) is 0 Å².